The molecule has 0 bridgehead atoms. The number of nitrogens with zero attached hydrogens (tertiary/aromatic N) is 4. The molecule has 0 unspecified atom stereocenters. The average Bonchev–Trinajstić information content (AvgIpc) is 3.07. The van der Waals surface area contributed by atoms with Gasteiger partial charge in [-0.1, -0.05) is 12.1 Å². The van der Waals surface area contributed by atoms with Crippen LogP contribution < -0.4 is 0 Å². The second-order valence-corrected chi connectivity index (χ2v) is 6.00. The number of alkyl halides is 3. The molecule has 1 aromatic heterocycles. The number of hydrogen-bond donors (Lipinski definition) is 0. The molecule has 0 spiro atoms. The first kappa shape index (κ1) is 21.4. The summed E-state index contributed by atoms with van der Waals surface area (Å²) in [5.41, 5.74) is -2.59. The van der Waals surface area contributed by atoms with Crippen LogP contribution in [0.5, 0.6) is 0 Å². The first-order valence-electron chi connectivity index (χ1n) is 8.55. The number of likely N-dealkylation sites (N-methyl/N-ethyl adjacent to an activating group) is 2. The maximum atomic E-state index is 14.0. The minimum absolute atomic E-state index is 0.350. The van der Waals surface area contributed by atoms with Crippen LogP contribution in [-0.4, -0.2) is 58.1 Å². The third-order valence-electron chi connectivity index (χ3n) is 4.18. The number of amides is 2. The van der Waals surface area contributed by atoms with Gasteiger partial charge in [0.2, 0.25) is 5.91 Å². The highest BCUT2D eigenvalue weighted by Gasteiger charge is 2.41. The molecule has 152 valence electrons. The van der Waals surface area contributed by atoms with Gasteiger partial charge in [0.05, 0.1) is 18.3 Å². The topological polar surface area (TPSA) is 58.4 Å². The zero-order valence-corrected chi connectivity index (χ0v) is 15.6. The van der Waals surface area contributed by atoms with Gasteiger partial charge < -0.3 is 9.80 Å². The number of rotatable bonds is 6. The van der Waals surface area contributed by atoms with Crippen LogP contribution in [0.25, 0.3) is 5.69 Å². The summed E-state index contributed by atoms with van der Waals surface area (Å²) in [5, 5.41) is 3.58. The molecule has 0 aliphatic rings. The van der Waals surface area contributed by atoms with Crippen molar-refractivity contribution in [2.45, 2.75) is 20.0 Å². The van der Waals surface area contributed by atoms with Crippen LogP contribution in [0.15, 0.2) is 30.5 Å². The second-order valence-electron chi connectivity index (χ2n) is 6.00. The molecular weight excluding hydrogens is 380 g/mol. The molecule has 1 heterocycles. The Morgan fingerprint density at radius 3 is 2.29 bits per heavy atom. The molecule has 28 heavy (non-hydrogen) atoms. The van der Waals surface area contributed by atoms with Crippen molar-refractivity contribution in [1.82, 2.24) is 19.6 Å². The summed E-state index contributed by atoms with van der Waals surface area (Å²) in [5.74, 6) is -2.34. The maximum absolute atomic E-state index is 14.0. The Kier molecular flexibility index (Phi) is 6.42. The molecule has 0 fully saturated rings. The number of aromatic nitrogens is 2. The number of carbonyl (C=O) groups is 2. The number of benzene rings is 1. The molecule has 2 rings (SSSR count). The summed E-state index contributed by atoms with van der Waals surface area (Å²) in [6, 6.07) is 4.80. The Bertz CT molecular complexity index is 860. The lowest BCUT2D eigenvalue weighted by Crippen LogP contribution is -2.41. The number of halogens is 4. The Balaban J connectivity index is 2.42. The highest BCUT2D eigenvalue weighted by atomic mass is 19.4. The van der Waals surface area contributed by atoms with Gasteiger partial charge in [0.25, 0.3) is 5.91 Å². The van der Waals surface area contributed by atoms with Gasteiger partial charge in [-0.2, -0.15) is 18.3 Å². The molecule has 0 atom stereocenters. The molecule has 2 amide bonds. The minimum Gasteiger partial charge on any atom is -0.342 e. The van der Waals surface area contributed by atoms with Gasteiger partial charge >= 0.3 is 6.18 Å². The van der Waals surface area contributed by atoms with E-state index < -0.39 is 40.8 Å². The Labute approximate surface area is 159 Å². The average molecular weight is 400 g/mol. The molecule has 0 saturated carbocycles. The van der Waals surface area contributed by atoms with E-state index in [1.54, 1.807) is 13.8 Å². The summed E-state index contributed by atoms with van der Waals surface area (Å²) in [4.78, 5) is 27.1. The summed E-state index contributed by atoms with van der Waals surface area (Å²) < 4.78 is 55.3. The largest absolute Gasteiger partial charge is 0.434 e. The molecule has 0 aliphatic heterocycles. The summed E-state index contributed by atoms with van der Waals surface area (Å²) >= 11 is 0. The van der Waals surface area contributed by atoms with E-state index in [1.165, 1.54) is 24.1 Å². The standard InChI is InChI=1S/C18H20F4N4O2/c1-4-25(5-2)15(27)11-24(3)17(28)12-10-23-26(16(12)18(20,21)22)14-9-7-6-8-13(14)19/h6-10H,4-5,11H2,1-3H3. The lowest BCUT2D eigenvalue weighted by molar-refractivity contribution is -0.143. The molecule has 0 aliphatic carbocycles. The quantitative estimate of drug-likeness (QED) is 0.701. The van der Waals surface area contributed by atoms with Crippen LogP contribution in [0.3, 0.4) is 0 Å². The van der Waals surface area contributed by atoms with Crippen molar-refractivity contribution in [2.24, 2.45) is 0 Å². The molecule has 0 radical (unpaired) electrons. The van der Waals surface area contributed by atoms with E-state index in [0.29, 0.717) is 17.8 Å². The van der Waals surface area contributed by atoms with E-state index in [-0.39, 0.29) is 6.54 Å². The number of hydrogen-bond acceptors (Lipinski definition) is 3. The minimum atomic E-state index is -4.96. The zero-order chi connectivity index (χ0) is 21.1. The van der Waals surface area contributed by atoms with Gasteiger partial charge in [-0.25, -0.2) is 9.07 Å². The lowest BCUT2D eigenvalue weighted by Gasteiger charge is -2.23. The van der Waals surface area contributed by atoms with Crippen LogP contribution in [0, 0.1) is 5.82 Å². The fourth-order valence-electron chi connectivity index (χ4n) is 2.74. The predicted molar refractivity (Wildman–Crippen MR) is 93.4 cm³/mol. The first-order chi connectivity index (χ1) is 13.1. The predicted octanol–water partition coefficient (Wildman–Crippen LogP) is 2.97. The molecule has 0 N–H and O–H groups in total. The summed E-state index contributed by atoms with van der Waals surface area (Å²) in [6.07, 6.45) is -4.23. The SMILES string of the molecule is CCN(CC)C(=O)CN(C)C(=O)c1cnn(-c2ccccc2F)c1C(F)(F)F. The van der Waals surface area contributed by atoms with Crippen LogP contribution in [-0.2, 0) is 11.0 Å². The van der Waals surface area contributed by atoms with Crippen molar-refractivity contribution in [3.8, 4) is 5.69 Å². The number of carbonyl (C=O) groups excluding carboxylic acids is 2. The van der Waals surface area contributed by atoms with Crippen LogP contribution in [0.1, 0.15) is 29.9 Å². The fraction of sp³-hybridized carbons (Fsp3) is 0.389. The molecular formula is C18H20F4N4O2. The van der Waals surface area contributed by atoms with Gasteiger partial charge in [0, 0.05) is 20.1 Å². The van der Waals surface area contributed by atoms with Gasteiger partial charge in [-0.3, -0.25) is 9.59 Å². The van der Waals surface area contributed by atoms with E-state index >= 15 is 0 Å². The van der Waals surface area contributed by atoms with Gasteiger partial charge in [-0.05, 0) is 26.0 Å². The van der Waals surface area contributed by atoms with Crippen molar-refractivity contribution in [2.75, 3.05) is 26.7 Å². The van der Waals surface area contributed by atoms with Gasteiger partial charge in [0.1, 0.15) is 11.5 Å². The van der Waals surface area contributed by atoms with Crippen LogP contribution in [0.4, 0.5) is 17.6 Å². The van der Waals surface area contributed by atoms with Crippen molar-refractivity contribution < 1.29 is 27.2 Å². The summed E-state index contributed by atoms with van der Waals surface area (Å²) in [6.45, 7) is 3.95. The zero-order valence-electron chi connectivity index (χ0n) is 15.6. The third kappa shape index (κ3) is 4.32. The van der Waals surface area contributed by atoms with Crippen LogP contribution >= 0.6 is 0 Å². The van der Waals surface area contributed by atoms with Gasteiger partial charge in [0.15, 0.2) is 5.69 Å². The molecule has 1 aromatic carbocycles. The van der Waals surface area contributed by atoms with Crippen LogP contribution in [0.2, 0.25) is 0 Å². The Morgan fingerprint density at radius 2 is 1.75 bits per heavy atom. The van der Waals surface area contributed by atoms with Crippen molar-refractivity contribution >= 4 is 11.8 Å². The van der Waals surface area contributed by atoms with E-state index in [0.717, 1.165) is 23.2 Å². The Morgan fingerprint density at radius 1 is 1.14 bits per heavy atom. The van der Waals surface area contributed by atoms with E-state index in [4.69, 9.17) is 0 Å². The van der Waals surface area contributed by atoms with Crippen molar-refractivity contribution in [3.05, 3.63) is 47.5 Å². The van der Waals surface area contributed by atoms with E-state index in [1.807, 2.05) is 0 Å². The molecule has 2 aromatic rings. The monoisotopic (exact) mass is 400 g/mol. The van der Waals surface area contributed by atoms with Crippen molar-refractivity contribution in [1.29, 1.82) is 0 Å². The van der Waals surface area contributed by atoms with Crippen molar-refractivity contribution in [3.63, 3.8) is 0 Å². The fourth-order valence-corrected chi connectivity index (χ4v) is 2.74. The lowest BCUT2D eigenvalue weighted by atomic mass is 10.2. The maximum Gasteiger partial charge on any atom is 0.434 e. The number of para-hydroxylation sites is 1. The van der Waals surface area contributed by atoms with Gasteiger partial charge in [-0.15, -0.1) is 0 Å². The highest BCUT2D eigenvalue weighted by Crippen LogP contribution is 2.34. The van der Waals surface area contributed by atoms with E-state index in [2.05, 4.69) is 5.10 Å². The molecule has 6 nitrogen and oxygen atoms in total. The third-order valence-corrected chi connectivity index (χ3v) is 4.18. The first-order valence-corrected chi connectivity index (χ1v) is 8.55. The van der Waals surface area contributed by atoms with E-state index in [9.17, 15) is 27.2 Å². The highest BCUT2D eigenvalue weighted by molar-refractivity contribution is 5.97. The normalized spacial score (nSPS) is 11.4. The smallest absolute Gasteiger partial charge is 0.342 e. The Hall–Kier alpha value is -2.91. The molecule has 0 saturated heterocycles. The summed E-state index contributed by atoms with van der Waals surface area (Å²) in [7, 11) is 1.23. The molecule has 10 heteroatoms. The second kappa shape index (κ2) is 8.41.